The Morgan fingerprint density at radius 3 is 2.65 bits per heavy atom. The topological polar surface area (TPSA) is 42.1 Å². The first-order valence-electron chi connectivity index (χ1n) is 5.53. The summed E-state index contributed by atoms with van der Waals surface area (Å²) < 4.78 is 0. The molecule has 0 saturated heterocycles. The lowest BCUT2D eigenvalue weighted by molar-refractivity contribution is 0.406. The Bertz CT molecular complexity index is 517. The Kier molecular flexibility index (Phi) is 3.45. The summed E-state index contributed by atoms with van der Waals surface area (Å²) in [6.45, 7) is 2.98. The molecule has 2 N–H and O–H groups in total. The zero-order valence-electron chi connectivity index (χ0n) is 10.4. The molecular formula is C13H17N3S. The van der Waals surface area contributed by atoms with Crippen LogP contribution in [0.2, 0.25) is 0 Å². The maximum atomic E-state index is 5.66. The minimum Gasteiger partial charge on any atom is -0.384 e. The van der Waals surface area contributed by atoms with E-state index in [0.29, 0.717) is 5.82 Å². The number of rotatable bonds is 3. The van der Waals surface area contributed by atoms with Crippen LogP contribution >= 0.6 is 11.3 Å². The minimum atomic E-state index is 0.580. The van der Waals surface area contributed by atoms with E-state index in [9.17, 15) is 0 Å². The van der Waals surface area contributed by atoms with Crippen molar-refractivity contribution in [3.63, 3.8) is 0 Å². The molecular weight excluding hydrogens is 230 g/mol. The largest absolute Gasteiger partial charge is 0.384 e. The van der Waals surface area contributed by atoms with Crippen molar-refractivity contribution in [2.45, 2.75) is 13.5 Å². The van der Waals surface area contributed by atoms with Crippen LogP contribution in [-0.2, 0) is 6.54 Å². The third-order valence-corrected chi connectivity index (χ3v) is 3.61. The molecule has 0 bridgehead atoms. The van der Waals surface area contributed by atoms with Gasteiger partial charge in [-0.3, -0.25) is 0 Å². The van der Waals surface area contributed by atoms with Crippen molar-refractivity contribution in [1.82, 2.24) is 9.88 Å². The van der Waals surface area contributed by atoms with Gasteiger partial charge in [-0.2, -0.15) is 0 Å². The Hall–Kier alpha value is -1.39. The fourth-order valence-electron chi connectivity index (χ4n) is 1.76. The van der Waals surface area contributed by atoms with Crippen molar-refractivity contribution in [2.24, 2.45) is 0 Å². The molecule has 0 aliphatic rings. The SMILES string of the molecule is Cc1nc(N)ccc1-c1ccc(CN(C)C)s1. The summed E-state index contributed by atoms with van der Waals surface area (Å²) in [6, 6.07) is 8.23. The molecule has 2 heterocycles. The summed E-state index contributed by atoms with van der Waals surface area (Å²) in [5, 5.41) is 0. The van der Waals surface area contributed by atoms with Gasteiger partial charge in [0.25, 0.3) is 0 Å². The van der Waals surface area contributed by atoms with Gasteiger partial charge >= 0.3 is 0 Å². The quantitative estimate of drug-likeness (QED) is 0.907. The maximum Gasteiger partial charge on any atom is 0.123 e. The highest BCUT2D eigenvalue weighted by Gasteiger charge is 2.07. The van der Waals surface area contributed by atoms with E-state index in [1.165, 1.54) is 15.3 Å². The first-order valence-corrected chi connectivity index (χ1v) is 6.35. The number of aromatic nitrogens is 1. The van der Waals surface area contributed by atoms with Crippen LogP contribution in [0.5, 0.6) is 0 Å². The second kappa shape index (κ2) is 4.85. The molecule has 0 aliphatic carbocycles. The lowest BCUT2D eigenvalue weighted by atomic mass is 10.1. The van der Waals surface area contributed by atoms with Crippen LogP contribution in [0.15, 0.2) is 24.3 Å². The van der Waals surface area contributed by atoms with Crippen molar-refractivity contribution in [3.05, 3.63) is 34.8 Å². The molecule has 0 atom stereocenters. The van der Waals surface area contributed by atoms with Crippen molar-refractivity contribution >= 4 is 17.2 Å². The van der Waals surface area contributed by atoms with E-state index in [0.717, 1.165) is 12.2 Å². The molecule has 17 heavy (non-hydrogen) atoms. The fourth-order valence-corrected chi connectivity index (χ4v) is 2.96. The second-order valence-electron chi connectivity index (χ2n) is 4.37. The van der Waals surface area contributed by atoms with E-state index < -0.39 is 0 Å². The van der Waals surface area contributed by atoms with Gasteiger partial charge in [-0.25, -0.2) is 4.98 Å². The molecule has 0 radical (unpaired) electrons. The van der Waals surface area contributed by atoms with E-state index in [1.807, 2.05) is 30.4 Å². The predicted molar refractivity (Wildman–Crippen MR) is 74.1 cm³/mol. The van der Waals surface area contributed by atoms with Crippen LogP contribution in [-0.4, -0.2) is 24.0 Å². The molecule has 0 unspecified atom stereocenters. The molecule has 0 saturated carbocycles. The average molecular weight is 247 g/mol. The molecule has 2 aromatic rings. The maximum absolute atomic E-state index is 5.66. The molecule has 0 spiro atoms. The number of hydrogen-bond donors (Lipinski definition) is 1. The van der Waals surface area contributed by atoms with Gasteiger partial charge in [0.05, 0.1) is 0 Å². The minimum absolute atomic E-state index is 0.580. The predicted octanol–water partition coefficient (Wildman–Crippen LogP) is 2.76. The first-order chi connectivity index (χ1) is 8.06. The van der Waals surface area contributed by atoms with Crippen LogP contribution in [0.4, 0.5) is 5.82 Å². The third kappa shape index (κ3) is 2.84. The molecule has 3 nitrogen and oxygen atoms in total. The number of aryl methyl sites for hydroxylation is 1. The van der Waals surface area contributed by atoms with Crippen LogP contribution in [0.1, 0.15) is 10.6 Å². The molecule has 0 aromatic carbocycles. The Morgan fingerprint density at radius 2 is 2.00 bits per heavy atom. The normalized spacial score (nSPS) is 11.1. The van der Waals surface area contributed by atoms with Gasteiger partial charge in [-0.15, -0.1) is 11.3 Å². The number of anilines is 1. The van der Waals surface area contributed by atoms with E-state index in [1.54, 1.807) is 0 Å². The summed E-state index contributed by atoms with van der Waals surface area (Å²) in [6.07, 6.45) is 0. The number of nitrogens with two attached hydrogens (primary N) is 1. The van der Waals surface area contributed by atoms with Gasteiger partial charge in [0.2, 0.25) is 0 Å². The Morgan fingerprint density at radius 1 is 1.24 bits per heavy atom. The molecule has 0 fully saturated rings. The van der Waals surface area contributed by atoms with Gasteiger partial charge in [0, 0.05) is 27.6 Å². The number of hydrogen-bond acceptors (Lipinski definition) is 4. The highest BCUT2D eigenvalue weighted by molar-refractivity contribution is 7.15. The second-order valence-corrected chi connectivity index (χ2v) is 5.54. The van der Waals surface area contributed by atoms with Crippen LogP contribution in [0.3, 0.4) is 0 Å². The molecule has 90 valence electrons. The molecule has 4 heteroatoms. The number of thiophene rings is 1. The average Bonchev–Trinajstić information content (AvgIpc) is 2.65. The van der Waals surface area contributed by atoms with E-state index in [2.05, 4.69) is 36.1 Å². The monoisotopic (exact) mass is 247 g/mol. The fraction of sp³-hybridized carbons (Fsp3) is 0.308. The van der Waals surface area contributed by atoms with Crippen LogP contribution in [0, 0.1) is 6.92 Å². The van der Waals surface area contributed by atoms with E-state index >= 15 is 0 Å². The van der Waals surface area contributed by atoms with Gasteiger partial charge in [-0.1, -0.05) is 0 Å². The van der Waals surface area contributed by atoms with Gasteiger partial charge in [0.15, 0.2) is 0 Å². The Labute approximate surface area is 106 Å². The van der Waals surface area contributed by atoms with E-state index in [4.69, 9.17) is 5.73 Å². The van der Waals surface area contributed by atoms with E-state index in [-0.39, 0.29) is 0 Å². The number of pyridine rings is 1. The van der Waals surface area contributed by atoms with Crippen molar-refractivity contribution in [2.75, 3.05) is 19.8 Å². The lowest BCUT2D eigenvalue weighted by Crippen LogP contribution is -2.09. The highest BCUT2D eigenvalue weighted by Crippen LogP contribution is 2.30. The van der Waals surface area contributed by atoms with Gasteiger partial charge < -0.3 is 10.6 Å². The number of nitrogens with zero attached hydrogens (tertiary/aromatic N) is 2. The molecule has 2 rings (SSSR count). The molecule has 2 aromatic heterocycles. The van der Waals surface area contributed by atoms with Gasteiger partial charge in [-0.05, 0) is 45.3 Å². The third-order valence-electron chi connectivity index (χ3n) is 2.51. The van der Waals surface area contributed by atoms with Crippen molar-refractivity contribution < 1.29 is 0 Å². The standard InChI is InChI=1S/C13H17N3S/c1-9-11(5-7-13(14)15-9)12-6-4-10(17-12)8-16(2)3/h4-7H,8H2,1-3H3,(H2,14,15). The summed E-state index contributed by atoms with van der Waals surface area (Å²) in [5.41, 5.74) is 7.83. The first kappa shape index (κ1) is 12.1. The highest BCUT2D eigenvalue weighted by atomic mass is 32.1. The van der Waals surface area contributed by atoms with Gasteiger partial charge in [0.1, 0.15) is 5.82 Å². The van der Waals surface area contributed by atoms with Crippen molar-refractivity contribution in [1.29, 1.82) is 0 Å². The summed E-state index contributed by atoms with van der Waals surface area (Å²) >= 11 is 1.81. The van der Waals surface area contributed by atoms with Crippen LogP contribution < -0.4 is 5.73 Å². The van der Waals surface area contributed by atoms with Crippen molar-refractivity contribution in [3.8, 4) is 10.4 Å². The lowest BCUT2D eigenvalue weighted by Gasteiger charge is -2.06. The zero-order chi connectivity index (χ0) is 12.4. The molecule has 0 amide bonds. The zero-order valence-corrected chi connectivity index (χ0v) is 11.2. The summed E-state index contributed by atoms with van der Waals surface area (Å²) in [4.78, 5) is 9.08. The number of nitrogen functional groups attached to an aromatic ring is 1. The smallest absolute Gasteiger partial charge is 0.123 e. The van der Waals surface area contributed by atoms with Crippen LogP contribution in [0.25, 0.3) is 10.4 Å². The molecule has 0 aliphatic heterocycles. The summed E-state index contributed by atoms with van der Waals surface area (Å²) in [5.74, 6) is 0.580. The summed E-state index contributed by atoms with van der Waals surface area (Å²) in [7, 11) is 4.16. The Balaban J connectivity index is 2.30.